The van der Waals surface area contributed by atoms with Crippen LogP contribution in [0.5, 0.6) is 0 Å². The van der Waals surface area contributed by atoms with E-state index in [-0.39, 0.29) is 0 Å². The first-order valence-corrected chi connectivity index (χ1v) is 4.28. The van der Waals surface area contributed by atoms with E-state index in [1.54, 1.807) is 6.08 Å². The first kappa shape index (κ1) is 10.5. The van der Waals surface area contributed by atoms with Crippen LogP contribution in [0.1, 0.15) is 32.6 Å². The summed E-state index contributed by atoms with van der Waals surface area (Å²) in [6.45, 7) is 3.53. The van der Waals surface area contributed by atoms with Crippen LogP contribution in [0.3, 0.4) is 0 Å². The van der Waals surface area contributed by atoms with Crippen molar-refractivity contribution >= 4 is 0 Å². The van der Waals surface area contributed by atoms with Crippen LogP contribution in [0.4, 0.5) is 0 Å². The average Bonchev–Trinajstić information content (AvgIpc) is 2.03. The molecule has 0 atom stereocenters. The first-order valence-electron chi connectivity index (χ1n) is 4.28. The lowest BCUT2D eigenvalue weighted by molar-refractivity contribution is 0.156. The molecule has 0 aromatic rings. The molecule has 0 aromatic heterocycles. The van der Waals surface area contributed by atoms with Crippen molar-refractivity contribution in [3.8, 4) is 0 Å². The van der Waals surface area contributed by atoms with Crippen LogP contribution in [-0.2, 0) is 4.74 Å². The molecule has 11 heavy (non-hydrogen) atoms. The molecule has 0 bridgehead atoms. The van der Waals surface area contributed by atoms with Crippen molar-refractivity contribution in [3.63, 3.8) is 0 Å². The summed E-state index contributed by atoms with van der Waals surface area (Å²) in [5.41, 5.74) is 0. The van der Waals surface area contributed by atoms with Crippen LogP contribution < -0.4 is 0 Å². The van der Waals surface area contributed by atoms with Gasteiger partial charge in [0.2, 0.25) is 0 Å². The van der Waals surface area contributed by atoms with E-state index in [2.05, 4.69) is 6.92 Å². The molecule has 0 aliphatic heterocycles. The number of aliphatic hydroxyl groups is 1. The Balaban J connectivity index is 2.79. The molecule has 2 nitrogen and oxygen atoms in total. The molecular formula is C9H18O2. The van der Waals surface area contributed by atoms with Gasteiger partial charge in [0.25, 0.3) is 0 Å². The van der Waals surface area contributed by atoms with E-state index in [1.807, 2.05) is 0 Å². The molecule has 0 heterocycles. The second-order valence-corrected chi connectivity index (χ2v) is 2.52. The molecule has 1 N–H and O–H groups in total. The van der Waals surface area contributed by atoms with E-state index in [1.165, 1.54) is 19.3 Å². The highest BCUT2D eigenvalue weighted by atomic mass is 16.5. The van der Waals surface area contributed by atoms with Crippen LogP contribution in [0.15, 0.2) is 12.3 Å². The predicted octanol–water partition coefficient (Wildman–Crippen LogP) is 2.66. The third-order valence-electron chi connectivity index (χ3n) is 1.46. The summed E-state index contributed by atoms with van der Waals surface area (Å²) in [7, 11) is 0. The van der Waals surface area contributed by atoms with Crippen LogP contribution in [-0.4, -0.2) is 18.3 Å². The molecule has 0 aliphatic carbocycles. The van der Waals surface area contributed by atoms with Crippen molar-refractivity contribution < 1.29 is 9.84 Å². The van der Waals surface area contributed by atoms with Gasteiger partial charge >= 0.3 is 0 Å². The molecule has 66 valence electrons. The summed E-state index contributed by atoms with van der Waals surface area (Å²) in [5.74, 6) is 0. The van der Waals surface area contributed by atoms with E-state index < -0.39 is 0 Å². The quantitative estimate of drug-likeness (QED) is 0.456. The summed E-state index contributed by atoms with van der Waals surface area (Å²) in [6.07, 6.45) is 7.55. The normalized spacial score (nSPS) is 11.0. The van der Waals surface area contributed by atoms with Crippen LogP contribution in [0.25, 0.3) is 0 Å². The Morgan fingerprint density at radius 1 is 1.27 bits per heavy atom. The Bertz CT molecular complexity index is 89.6. The van der Waals surface area contributed by atoms with Gasteiger partial charge < -0.3 is 9.84 Å². The van der Waals surface area contributed by atoms with Gasteiger partial charge in [0.15, 0.2) is 0 Å². The zero-order valence-electron chi connectivity index (χ0n) is 7.25. The SMILES string of the molecule is CCCCCCOCC=CO. The highest BCUT2D eigenvalue weighted by Crippen LogP contribution is 1.98. The third kappa shape index (κ3) is 9.50. The fourth-order valence-corrected chi connectivity index (χ4v) is 0.825. The number of ether oxygens (including phenoxy) is 1. The number of aliphatic hydroxyl groups excluding tert-OH is 1. The highest BCUT2D eigenvalue weighted by molar-refractivity contribution is 4.69. The molecule has 0 fully saturated rings. The highest BCUT2D eigenvalue weighted by Gasteiger charge is 1.86. The van der Waals surface area contributed by atoms with Gasteiger partial charge in [-0.05, 0) is 12.5 Å². The maximum atomic E-state index is 8.25. The summed E-state index contributed by atoms with van der Waals surface area (Å²) in [5, 5.41) is 8.25. The van der Waals surface area contributed by atoms with Gasteiger partial charge in [-0.1, -0.05) is 26.2 Å². The van der Waals surface area contributed by atoms with E-state index in [0.717, 1.165) is 19.3 Å². The lowest BCUT2D eigenvalue weighted by Gasteiger charge is -1.99. The van der Waals surface area contributed by atoms with Crippen molar-refractivity contribution in [3.05, 3.63) is 12.3 Å². The van der Waals surface area contributed by atoms with E-state index in [0.29, 0.717) is 6.61 Å². The van der Waals surface area contributed by atoms with E-state index >= 15 is 0 Å². The topological polar surface area (TPSA) is 29.5 Å². The fraction of sp³-hybridized carbons (Fsp3) is 0.778. The molecule has 2 heteroatoms. The molecular weight excluding hydrogens is 140 g/mol. The molecule has 0 spiro atoms. The molecule has 0 saturated heterocycles. The van der Waals surface area contributed by atoms with Gasteiger partial charge in [0.05, 0.1) is 12.9 Å². The Hall–Kier alpha value is -0.500. The number of rotatable bonds is 7. The maximum Gasteiger partial charge on any atom is 0.0774 e. The zero-order chi connectivity index (χ0) is 8.36. The fourth-order valence-electron chi connectivity index (χ4n) is 0.825. The van der Waals surface area contributed by atoms with Crippen molar-refractivity contribution in [2.45, 2.75) is 32.6 Å². The van der Waals surface area contributed by atoms with E-state index in [9.17, 15) is 0 Å². The van der Waals surface area contributed by atoms with Gasteiger partial charge in [0.1, 0.15) is 0 Å². The maximum absolute atomic E-state index is 8.25. The summed E-state index contributed by atoms with van der Waals surface area (Å²) >= 11 is 0. The monoisotopic (exact) mass is 158 g/mol. The zero-order valence-corrected chi connectivity index (χ0v) is 7.25. The second kappa shape index (κ2) is 9.50. The summed E-state index contributed by atoms with van der Waals surface area (Å²) < 4.78 is 5.17. The Labute approximate surface area is 68.9 Å². The minimum atomic E-state index is 0.530. The number of hydrogen-bond donors (Lipinski definition) is 1. The van der Waals surface area contributed by atoms with Crippen LogP contribution in [0, 0.1) is 0 Å². The average molecular weight is 158 g/mol. The molecule has 0 aliphatic rings. The molecule has 0 unspecified atom stereocenters. The van der Waals surface area contributed by atoms with Crippen LogP contribution >= 0.6 is 0 Å². The lowest BCUT2D eigenvalue weighted by atomic mass is 10.2. The van der Waals surface area contributed by atoms with Crippen molar-refractivity contribution in [2.24, 2.45) is 0 Å². The van der Waals surface area contributed by atoms with E-state index in [4.69, 9.17) is 9.84 Å². The van der Waals surface area contributed by atoms with Gasteiger partial charge in [-0.3, -0.25) is 0 Å². The second-order valence-electron chi connectivity index (χ2n) is 2.52. The molecule has 0 radical (unpaired) electrons. The van der Waals surface area contributed by atoms with Crippen LogP contribution in [0.2, 0.25) is 0 Å². The third-order valence-corrected chi connectivity index (χ3v) is 1.46. The molecule has 0 rings (SSSR count). The van der Waals surface area contributed by atoms with Crippen molar-refractivity contribution in [2.75, 3.05) is 13.2 Å². The lowest BCUT2D eigenvalue weighted by Crippen LogP contribution is -1.93. The minimum Gasteiger partial charge on any atom is -0.516 e. The minimum absolute atomic E-state index is 0.530. The molecule has 0 aromatic carbocycles. The molecule has 0 amide bonds. The summed E-state index contributed by atoms with van der Waals surface area (Å²) in [6, 6.07) is 0. The van der Waals surface area contributed by atoms with Gasteiger partial charge in [-0.2, -0.15) is 0 Å². The van der Waals surface area contributed by atoms with Crippen molar-refractivity contribution in [1.82, 2.24) is 0 Å². The molecule has 0 saturated carbocycles. The number of hydrogen-bond acceptors (Lipinski definition) is 2. The van der Waals surface area contributed by atoms with Gasteiger partial charge in [0, 0.05) is 6.61 Å². The Morgan fingerprint density at radius 3 is 2.73 bits per heavy atom. The standard InChI is InChI=1S/C9H18O2/c1-2-3-4-5-8-11-9-6-7-10/h6-7,10H,2-5,8-9H2,1H3. The van der Waals surface area contributed by atoms with Crippen molar-refractivity contribution in [1.29, 1.82) is 0 Å². The smallest absolute Gasteiger partial charge is 0.0774 e. The van der Waals surface area contributed by atoms with Gasteiger partial charge in [-0.15, -0.1) is 0 Å². The predicted molar refractivity (Wildman–Crippen MR) is 46.7 cm³/mol. The first-order chi connectivity index (χ1) is 5.41. The number of unbranched alkanes of at least 4 members (excludes halogenated alkanes) is 3. The Morgan fingerprint density at radius 2 is 2.09 bits per heavy atom. The Kier molecular flexibility index (Phi) is 9.07. The largest absolute Gasteiger partial charge is 0.516 e. The van der Waals surface area contributed by atoms with Gasteiger partial charge in [-0.25, -0.2) is 0 Å². The summed E-state index contributed by atoms with van der Waals surface area (Å²) in [4.78, 5) is 0.